The maximum absolute atomic E-state index is 13.6. The molecule has 7 nitrogen and oxygen atoms in total. The largest absolute Gasteiger partial charge is 0.422 e. The van der Waals surface area contributed by atoms with Gasteiger partial charge in [0.1, 0.15) is 16.7 Å². The van der Waals surface area contributed by atoms with Gasteiger partial charge in [-0.15, -0.1) is 0 Å². The predicted octanol–water partition coefficient (Wildman–Crippen LogP) is 2.99. The fourth-order valence-corrected chi connectivity index (χ4v) is 4.92. The van der Waals surface area contributed by atoms with Crippen molar-refractivity contribution in [3.05, 3.63) is 76.4 Å². The van der Waals surface area contributed by atoms with Crippen LogP contribution in [0, 0.1) is 0 Å². The van der Waals surface area contributed by atoms with E-state index in [0.717, 1.165) is 18.5 Å². The van der Waals surface area contributed by atoms with Crippen molar-refractivity contribution in [2.24, 2.45) is 0 Å². The number of likely N-dealkylation sites (tertiary alicyclic amines) is 2. The minimum absolute atomic E-state index is 0.0189. The van der Waals surface area contributed by atoms with Crippen LogP contribution >= 0.6 is 0 Å². The fraction of sp³-hybridized carbons (Fsp3) is 0.333. The van der Waals surface area contributed by atoms with Gasteiger partial charge in [-0.2, -0.15) is 0 Å². The summed E-state index contributed by atoms with van der Waals surface area (Å²) in [5, 5.41) is 0.686. The molecule has 4 heterocycles. The summed E-state index contributed by atoms with van der Waals surface area (Å²) in [4.78, 5) is 47.4. The highest BCUT2D eigenvalue weighted by Gasteiger charge is 2.53. The standard InChI is InChI=1S/C24H23N3O4/c28-21(19-15-17-7-1-2-9-20(17)31-22(19)29)27-14-6-11-24(27)10-5-13-26(23(24)30)16-18-8-3-4-12-25-18/h1-4,7-9,12,15H,5-6,10-11,13-14,16H2. The lowest BCUT2D eigenvalue weighted by Gasteiger charge is -2.44. The van der Waals surface area contributed by atoms with Gasteiger partial charge >= 0.3 is 5.63 Å². The molecule has 1 unspecified atom stereocenters. The van der Waals surface area contributed by atoms with Crippen molar-refractivity contribution in [1.29, 1.82) is 0 Å². The van der Waals surface area contributed by atoms with Gasteiger partial charge in [-0.05, 0) is 49.9 Å². The molecule has 2 aliphatic heterocycles. The van der Waals surface area contributed by atoms with Crippen LogP contribution in [-0.2, 0) is 11.3 Å². The average molecular weight is 417 g/mol. The van der Waals surface area contributed by atoms with Crippen LogP contribution in [0.1, 0.15) is 41.7 Å². The van der Waals surface area contributed by atoms with Gasteiger partial charge < -0.3 is 14.2 Å². The Hall–Kier alpha value is -3.48. The van der Waals surface area contributed by atoms with Crippen molar-refractivity contribution >= 4 is 22.8 Å². The van der Waals surface area contributed by atoms with Crippen molar-refractivity contribution in [1.82, 2.24) is 14.8 Å². The Balaban J connectivity index is 1.47. The zero-order valence-electron chi connectivity index (χ0n) is 17.1. The molecule has 3 aromatic rings. The van der Waals surface area contributed by atoms with Crippen LogP contribution in [0.2, 0.25) is 0 Å². The van der Waals surface area contributed by atoms with Crippen LogP contribution in [0.4, 0.5) is 0 Å². The van der Waals surface area contributed by atoms with Gasteiger partial charge in [0.15, 0.2) is 0 Å². The lowest BCUT2D eigenvalue weighted by molar-refractivity contribution is -0.146. The van der Waals surface area contributed by atoms with E-state index in [1.54, 1.807) is 40.3 Å². The van der Waals surface area contributed by atoms with Crippen molar-refractivity contribution in [2.45, 2.75) is 37.8 Å². The number of fused-ring (bicyclic) bond motifs is 1. The quantitative estimate of drug-likeness (QED) is 0.612. The number of pyridine rings is 1. The number of hydrogen-bond acceptors (Lipinski definition) is 5. The SMILES string of the molecule is O=C(c1cc2ccccc2oc1=O)N1CCCC12CCCN(Cc1ccccn1)C2=O. The van der Waals surface area contributed by atoms with Crippen LogP contribution < -0.4 is 5.63 Å². The number of amides is 2. The Bertz CT molecular complexity index is 1210. The minimum atomic E-state index is -0.901. The van der Waals surface area contributed by atoms with Crippen molar-refractivity contribution in [2.75, 3.05) is 13.1 Å². The molecule has 0 bridgehead atoms. The second kappa shape index (κ2) is 7.65. The first-order chi connectivity index (χ1) is 15.1. The number of rotatable bonds is 3. The molecule has 2 amide bonds. The summed E-state index contributed by atoms with van der Waals surface area (Å²) in [5.41, 5.74) is -0.328. The predicted molar refractivity (Wildman–Crippen MR) is 114 cm³/mol. The Morgan fingerprint density at radius 1 is 1.03 bits per heavy atom. The van der Waals surface area contributed by atoms with Crippen molar-refractivity contribution in [3.8, 4) is 0 Å². The minimum Gasteiger partial charge on any atom is -0.422 e. The van der Waals surface area contributed by atoms with E-state index >= 15 is 0 Å². The maximum atomic E-state index is 13.6. The van der Waals surface area contributed by atoms with E-state index in [1.807, 2.05) is 24.3 Å². The third-order valence-electron chi connectivity index (χ3n) is 6.39. The molecular formula is C24H23N3O4. The van der Waals surface area contributed by atoms with E-state index < -0.39 is 17.1 Å². The topological polar surface area (TPSA) is 83.7 Å². The molecule has 158 valence electrons. The molecule has 0 N–H and O–H groups in total. The molecule has 7 heteroatoms. The molecule has 2 aliphatic rings. The van der Waals surface area contributed by atoms with Crippen LogP contribution in [-0.4, -0.2) is 45.2 Å². The molecular weight excluding hydrogens is 394 g/mol. The molecule has 0 aliphatic carbocycles. The first-order valence-corrected chi connectivity index (χ1v) is 10.6. The van der Waals surface area contributed by atoms with Crippen LogP contribution in [0.15, 0.2) is 63.9 Å². The van der Waals surface area contributed by atoms with E-state index in [2.05, 4.69) is 4.98 Å². The second-order valence-electron chi connectivity index (χ2n) is 8.23. The number of carbonyl (C=O) groups excluding carboxylic acids is 2. The van der Waals surface area contributed by atoms with Gasteiger partial charge in [0.25, 0.3) is 5.91 Å². The number of hydrogen-bond donors (Lipinski definition) is 0. The lowest BCUT2D eigenvalue weighted by Crippen LogP contribution is -2.61. The zero-order chi connectivity index (χ0) is 21.4. The van der Waals surface area contributed by atoms with Crippen LogP contribution in [0.25, 0.3) is 11.0 Å². The highest BCUT2D eigenvalue weighted by atomic mass is 16.4. The number of piperidine rings is 1. The van der Waals surface area contributed by atoms with Gasteiger partial charge in [0.2, 0.25) is 5.91 Å². The van der Waals surface area contributed by atoms with Gasteiger partial charge in [-0.1, -0.05) is 24.3 Å². The van der Waals surface area contributed by atoms with Crippen molar-refractivity contribution in [3.63, 3.8) is 0 Å². The third kappa shape index (κ3) is 3.30. The number of carbonyl (C=O) groups is 2. The second-order valence-corrected chi connectivity index (χ2v) is 8.23. The first kappa shape index (κ1) is 19.5. The molecule has 31 heavy (non-hydrogen) atoms. The first-order valence-electron chi connectivity index (χ1n) is 10.6. The molecule has 5 rings (SSSR count). The maximum Gasteiger partial charge on any atom is 0.349 e. The highest BCUT2D eigenvalue weighted by molar-refractivity contribution is 6.01. The molecule has 0 saturated carbocycles. The van der Waals surface area contributed by atoms with E-state index in [9.17, 15) is 14.4 Å². The van der Waals surface area contributed by atoms with Gasteiger partial charge in [0, 0.05) is 24.7 Å². The summed E-state index contributed by atoms with van der Waals surface area (Å²) in [5.74, 6) is -0.481. The number of aromatic nitrogens is 1. The van der Waals surface area contributed by atoms with Crippen LogP contribution in [0.3, 0.4) is 0 Å². The van der Waals surface area contributed by atoms with E-state index in [4.69, 9.17) is 4.42 Å². The third-order valence-corrected chi connectivity index (χ3v) is 6.39. The summed E-state index contributed by atoms with van der Waals surface area (Å²) in [6.45, 7) is 1.51. The lowest BCUT2D eigenvalue weighted by atomic mass is 9.85. The molecule has 1 aromatic carbocycles. The molecule has 2 saturated heterocycles. The summed E-state index contributed by atoms with van der Waals surface area (Å²) in [6, 6.07) is 14.3. The molecule has 2 fully saturated rings. The van der Waals surface area contributed by atoms with E-state index in [-0.39, 0.29) is 11.5 Å². The summed E-state index contributed by atoms with van der Waals surface area (Å²) < 4.78 is 5.37. The van der Waals surface area contributed by atoms with Gasteiger partial charge in [-0.3, -0.25) is 14.6 Å². The normalized spacial score (nSPS) is 21.2. The molecule has 2 aromatic heterocycles. The smallest absolute Gasteiger partial charge is 0.349 e. The van der Waals surface area contributed by atoms with Gasteiger partial charge in [-0.25, -0.2) is 4.79 Å². The van der Waals surface area contributed by atoms with Crippen LogP contribution in [0.5, 0.6) is 0 Å². The van der Waals surface area contributed by atoms with Gasteiger partial charge in [0.05, 0.1) is 12.2 Å². The van der Waals surface area contributed by atoms with Crippen molar-refractivity contribution < 1.29 is 14.0 Å². The zero-order valence-corrected chi connectivity index (χ0v) is 17.1. The Morgan fingerprint density at radius 2 is 1.81 bits per heavy atom. The number of benzene rings is 1. The Morgan fingerprint density at radius 3 is 2.61 bits per heavy atom. The van der Waals surface area contributed by atoms with E-state index in [1.165, 1.54) is 0 Å². The Labute approximate surface area is 179 Å². The molecule has 0 radical (unpaired) electrons. The Kier molecular flexibility index (Phi) is 4.81. The highest BCUT2D eigenvalue weighted by Crippen LogP contribution is 2.39. The summed E-state index contributed by atoms with van der Waals surface area (Å²) >= 11 is 0. The monoisotopic (exact) mass is 417 g/mol. The number of para-hydroxylation sites is 1. The number of nitrogens with zero attached hydrogens (tertiary/aromatic N) is 3. The fourth-order valence-electron chi connectivity index (χ4n) is 4.92. The summed E-state index contributed by atoms with van der Waals surface area (Å²) in [6.07, 6.45) is 4.46. The summed E-state index contributed by atoms with van der Waals surface area (Å²) in [7, 11) is 0. The van der Waals surface area contributed by atoms with E-state index in [0.29, 0.717) is 43.4 Å². The molecule has 1 atom stereocenters. The molecule has 1 spiro atoms. The average Bonchev–Trinajstić information content (AvgIpc) is 3.21.